The predicted molar refractivity (Wildman–Crippen MR) is 91.3 cm³/mol. The van der Waals surface area contributed by atoms with Crippen LogP contribution in [0.1, 0.15) is 38.4 Å². The van der Waals surface area contributed by atoms with Gasteiger partial charge in [0.2, 0.25) is 11.9 Å². The largest absolute Gasteiger partial charge is 0.395 e. The third kappa shape index (κ3) is 8.06. The van der Waals surface area contributed by atoms with E-state index >= 15 is 0 Å². The maximum Gasteiger partial charge on any atom is 0.230 e. The smallest absolute Gasteiger partial charge is 0.230 e. The van der Waals surface area contributed by atoms with Gasteiger partial charge in [-0.3, -0.25) is 0 Å². The highest BCUT2D eigenvalue weighted by Gasteiger charge is 2.12. The Balaban J connectivity index is 2.58. The maximum absolute atomic E-state index is 9.21. The molecule has 8 nitrogen and oxygen atoms in total. The monoisotopic (exact) mass is 326 g/mol. The highest BCUT2D eigenvalue weighted by molar-refractivity contribution is 5.34. The molecule has 0 spiro atoms. The molecule has 0 bridgehead atoms. The van der Waals surface area contributed by atoms with Crippen LogP contribution in [-0.2, 0) is 6.42 Å². The third-order valence-corrected chi connectivity index (χ3v) is 3.41. The summed E-state index contributed by atoms with van der Waals surface area (Å²) in [6.07, 6.45) is 4.74. The van der Waals surface area contributed by atoms with E-state index < -0.39 is 0 Å². The fraction of sp³-hybridized carbons (Fsp3) is 0.800. The van der Waals surface area contributed by atoms with Crippen LogP contribution in [0.3, 0.4) is 0 Å². The lowest BCUT2D eigenvalue weighted by atomic mass is 10.2. The van der Waals surface area contributed by atoms with Gasteiger partial charge in [-0.15, -0.1) is 0 Å². The summed E-state index contributed by atoms with van der Waals surface area (Å²) < 4.78 is 0. The number of rotatable bonds is 13. The number of aromatic nitrogens is 3. The first-order chi connectivity index (χ1) is 11.2. The van der Waals surface area contributed by atoms with E-state index in [0.717, 1.165) is 45.2 Å². The lowest BCUT2D eigenvalue weighted by molar-refractivity contribution is 0.292. The van der Waals surface area contributed by atoms with Crippen molar-refractivity contribution in [2.24, 2.45) is 0 Å². The van der Waals surface area contributed by atoms with Gasteiger partial charge in [-0.1, -0.05) is 13.3 Å². The molecule has 5 N–H and O–H groups in total. The summed E-state index contributed by atoms with van der Waals surface area (Å²) in [5, 5.41) is 21.0. The molecule has 8 heteroatoms. The molecule has 1 aromatic heterocycles. The van der Waals surface area contributed by atoms with Gasteiger partial charge in [0.05, 0.1) is 13.2 Å². The topological polar surface area (TPSA) is 120 Å². The van der Waals surface area contributed by atoms with Gasteiger partial charge >= 0.3 is 0 Å². The van der Waals surface area contributed by atoms with Crippen LogP contribution in [0.4, 0.5) is 11.9 Å². The third-order valence-electron chi connectivity index (χ3n) is 3.41. The fourth-order valence-electron chi connectivity index (χ4n) is 2.20. The second-order valence-electron chi connectivity index (χ2n) is 5.40. The van der Waals surface area contributed by atoms with Gasteiger partial charge in [-0.2, -0.15) is 15.0 Å². The minimum absolute atomic E-state index is 0.0567. The standard InChI is InChI=1S/C15H30N6O2/c1-2-3-9-21(10-12-23)15-19-13(18-14(16)20-15)6-4-5-7-17-8-11-22/h17,22-23H,2-12H2,1H3,(H2,16,18,19,20). The van der Waals surface area contributed by atoms with Crippen molar-refractivity contribution in [1.29, 1.82) is 0 Å². The number of aliphatic hydroxyl groups is 2. The van der Waals surface area contributed by atoms with E-state index in [1.165, 1.54) is 0 Å². The predicted octanol–water partition coefficient (Wildman–Crippen LogP) is -0.0428. The van der Waals surface area contributed by atoms with Gasteiger partial charge in [-0.25, -0.2) is 0 Å². The van der Waals surface area contributed by atoms with Crippen LogP contribution in [0.2, 0.25) is 0 Å². The Bertz CT molecular complexity index is 432. The fourth-order valence-corrected chi connectivity index (χ4v) is 2.20. The first kappa shape index (κ1) is 19.5. The zero-order valence-corrected chi connectivity index (χ0v) is 14.0. The van der Waals surface area contributed by atoms with Crippen LogP contribution >= 0.6 is 0 Å². The van der Waals surface area contributed by atoms with Crippen molar-refractivity contribution in [3.8, 4) is 0 Å². The molecule has 0 saturated carbocycles. The molecular formula is C15H30N6O2. The van der Waals surface area contributed by atoms with E-state index in [1.54, 1.807) is 0 Å². The number of anilines is 2. The Morgan fingerprint density at radius 3 is 2.52 bits per heavy atom. The van der Waals surface area contributed by atoms with Crippen LogP contribution < -0.4 is 16.0 Å². The highest BCUT2D eigenvalue weighted by Crippen LogP contribution is 2.11. The van der Waals surface area contributed by atoms with Crippen molar-refractivity contribution in [2.45, 2.75) is 39.0 Å². The molecule has 132 valence electrons. The van der Waals surface area contributed by atoms with E-state index in [1.807, 2.05) is 4.90 Å². The molecule has 0 aliphatic heterocycles. The number of nitrogens with two attached hydrogens (primary N) is 1. The van der Waals surface area contributed by atoms with E-state index in [-0.39, 0.29) is 19.2 Å². The quantitative estimate of drug-likeness (QED) is 0.373. The molecule has 0 amide bonds. The van der Waals surface area contributed by atoms with Crippen LogP contribution in [0.15, 0.2) is 0 Å². The summed E-state index contributed by atoms with van der Waals surface area (Å²) in [4.78, 5) is 14.8. The van der Waals surface area contributed by atoms with E-state index in [9.17, 15) is 5.11 Å². The molecule has 0 radical (unpaired) electrons. The number of unbranched alkanes of at least 4 members (excludes halogenated alkanes) is 2. The highest BCUT2D eigenvalue weighted by atomic mass is 16.3. The Kier molecular flexibility index (Phi) is 10.2. The maximum atomic E-state index is 9.21. The zero-order chi connectivity index (χ0) is 16.9. The molecule has 0 unspecified atom stereocenters. The molecular weight excluding hydrogens is 296 g/mol. The van der Waals surface area contributed by atoms with Crippen molar-refractivity contribution < 1.29 is 10.2 Å². The molecule has 0 aromatic carbocycles. The molecule has 0 saturated heterocycles. The van der Waals surface area contributed by atoms with Crippen LogP contribution in [-0.4, -0.2) is 64.6 Å². The van der Waals surface area contributed by atoms with Gasteiger partial charge in [0.25, 0.3) is 0 Å². The van der Waals surface area contributed by atoms with Crippen LogP contribution in [0.25, 0.3) is 0 Å². The van der Waals surface area contributed by atoms with E-state index in [0.29, 0.717) is 24.9 Å². The van der Waals surface area contributed by atoms with Crippen LogP contribution in [0, 0.1) is 0 Å². The SMILES string of the molecule is CCCCN(CCO)c1nc(N)nc(CCCCNCCO)n1. The lowest BCUT2D eigenvalue weighted by Crippen LogP contribution is -2.30. The van der Waals surface area contributed by atoms with Gasteiger partial charge < -0.3 is 26.2 Å². The average molecular weight is 326 g/mol. The van der Waals surface area contributed by atoms with E-state index in [4.69, 9.17) is 10.8 Å². The Morgan fingerprint density at radius 1 is 1.00 bits per heavy atom. The van der Waals surface area contributed by atoms with Crippen molar-refractivity contribution in [1.82, 2.24) is 20.3 Å². The molecule has 0 fully saturated rings. The van der Waals surface area contributed by atoms with E-state index in [2.05, 4.69) is 27.2 Å². The average Bonchev–Trinajstić information content (AvgIpc) is 2.54. The second-order valence-corrected chi connectivity index (χ2v) is 5.40. The number of hydrogen-bond acceptors (Lipinski definition) is 8. The molecule has 23 heavy (non-hydrogen) atoms. The second kappa shape index (κ2) is 12.0. The molecule has 0 aliphatic rings. The Hall–Kier alpha value is -1.51. The number of nitrogens with zero attached hydrogens (tertiary/aromatic N) is 4. The van der Waals surface area contributed by atoms with Crippen molar-refractivity contribution in [3.63, 3.8) is 0 Å². The molecule has 1 aromatic rings. The number of nitrogens with one attached hydrogen (secondary N) is 1. The summed E-state index contributed by atoms with van der Waals surface area (Å²) in [5.74, 6) is 1.46. The summed E-state index contributed by atoms with van der Waals surface area (Å²) >= 11 is 0. The van der Waals surface area contributed by atoms with Crippen molar-refractivity contribution in [2.75, 3.05) is 50.0 Å². The minimum atomic E-state index is 0.0567. The summed E-state index contributed by atoms with van der Waals surface area (Å²) in [5.41, 5.74) is 5.80. The van der Waals surface area contributed by atoms with Crippen molar-refractivity contribution >= 4 is 11.9 Å². The Morgan fingerprint density at radius 2 is 1.83 bits per heavy atom. The van der Waals surface area contributed by atoms with Gasteiger partial charge in [0, 0.05) is 26.1 Å². The van der Waals surface area contributed by atoms with Gasteiger partial charge in [0.15, 0.2) is 0 Å². The summed E-state index contributed by atoms with van der Waals surface area (Å²) in [7, 11) is 0. The lowest BCUT2D eigenvalue weighted by Gasteiger charge is -2.21. The summed E-state index contributed by atoms with van der Waals surface area (Å²) in [6, 6.07) is 0. The number of aryl methyl sites for hydroxylation is 1. The number of hydrogen-bond donors (Lipinski definition) is 4. The van der Waals surface area contributed by atoms with Gasteiger partial charge in [0.1, 0.15) is 5.82 Å². The molecule has 1 rings (SSSR count). The molecule has 0 atom stereocenters. The normalized spacial score (nSPS) is 10.9. The van der Waals surface area contributed by atoms with Gasteiger partial charge in [-0.05, 0) is 25.8 Å². The van der Waals surface area contributed by atoms with Crippen LogP contribution in [0.5, 0.6) is 0 Å². The Labute approximate surface area is 138 Å². The minimum Gasteiger partial charge on any atom is -0.395 e. The number of nitrogen functional groups attached to an aromatic ring is 1. The van der Waals surface area contributed by atoms with Crippen molar-refractivity contribution in [3.05, 3.63) is 5.82 Å². The molecule has 1 heterocycles. The first-order valence-corrected chi connectivity index (χ1v) is 8.39. The zero-order valence-electron chi connectivity index (χ0n) is 14.0. The first-order valence-electron chi connectivity index (χ1n) is 8.39. The summed E-state index contributed by atoms with van der Waals surface area (Å²) in [6.45, 7) is 5.11. The number of aliphatic hydroxyl groups excluding tert-OH is 2. The molecule has 0 aliphatic carbocycles.